The molecule has 150 valence electrons. The summed E-state index contributed by atoms with van der Waals surface area (Å²) in [6.45, 7) is 2.04. The van der Waals surface area contributed by atoms with Crippen LogP contribution in [0.15, 0.2) is 53.4 Å². The predicted molar refractivity (Wildman–Crippen MR) is 104 cm³/mol. The van der Waals surface area contributed by atoms with Crippen LogP contribution in [0.3, 0.4) is 0 Å². The number of carbonyl (C=O) groups is 2. The molecule has 0 spiro atoms. The summed E-state index contributed by atoms with van der Waals surface area (Å²) in [4.78, 5) is 25.4. The molecule has 0 heterocycles. The molecule has 0 bridgehead atoms. The van der Waals surface area contributed by atoms with E-state index in [9.17, 15) is 18.4 Å². The summed E-state index contributed by atoms with van der Waals surface area (Å²) in [5, 5.41) is 1.91. The van der Waals surface area contributed by atoms with E-state index in [0.29, 0.717) is 0 Å². The minimum atomic E-state index is -3.02. The number of benzene rings is 2. The van der Waals surface area contributed by atoms with Crippen LogP contribution in [0.2, 0.25) is 0 Å². The molecule has 0 aliphatic heterocycles. The number of halogens is 2. The molecular formula is C20H21F2NO4S. The number of alkyl halides is 2. The van der Waals surface area contributed by atoms with E-state index in [-0.39, 0.29) is 11.4 Å². The molecule has 2 aromatic carbocycles. The van der Waals surface area contributed by atoms with Crippen LogP contribution in [0.1, 0.15) is 19.4 Å². The fourth-order valence-corrected chi connectivity index (χ4v) is 3.05. The Labute approximate surface area is 166 Å². The first-order valence-corrected chi connectivity index (χ1v) is 9.42. The van der Waals surface area contributed by atoms with E-state index >= 15 is 0 Å². The summed E-state index contributed by atoms with van der Waals surface area (Å²) >= 11 is 1.32. The third kappa shape index (κ3) is 6.53. The molecule has 2 aromatic rings. The van der Waals surface area contributed by atoms with Crippen LogP contribution in [0, 0.1) is 6.92 Å². The van der Waals surface area contributed by atoms with Gasteiger partial charge in [0, 0.05) is 4.90 Å². The van der Waals surface area contributed by atoms with Gasteiger partial charge in [-0.2, -0.15) is 8.78 Å². The lowest BCUT2D eigenvalue weighted by Crippen LogP contribution is -2.32. The van der Waals surface area contributed by atoms with Crippen molar-refractivity contribution in [2.45, 2.75) is 43.6 Å². The van der Waals surface area contributed by atoms with Crippen molar-refractivity contribution < 1.29 is 27.8 Å². The van der Waals surface area contributed by atoms with Gasteiger partial charge in [0.25, 0.3) is 5.91 Å². The molecule has 1 amide bonds. The number of nitrogens with one attached hydrogen (secondary N) is 1. The Kier molecular flexibility index (Phi) is 7.80. The molecule has 8 heteroatoms. The molecule has 0 fully saturated rings. The smallest absolute Gasteiger partial charge is 0.387 e. The van der Waals surface area contributed by atoms with E-state index in [4.69, 9.17) is 4.74 Å². The van der Waals surface area contributed by atoms with Gasteiger partial charge < -0.3 is 14.8 Å². The van der Waals surface area contributed by atoms with Crippen LogP contribution in [0.25, 0.3) is 0 Å². The van der Waals surface area contributed by atoms with Crippen molar-refractivity contribution in [3.8, 4) is 5.75 Å². The van der Waals surface area contributed by atoms with Gasteiger partial charge in [0.15, 0.2) is 6.10 Å². The number of hydrogen-bond acceptors (Lipinski definition) is 5. The number of amides is 1. The average Bonchev–Trinajstić information content (AvgIpc) is 2.64. The quantitative estimate of drug-likeness (QED) is 0.508. The first-order valence-electron chi connectivity index (χ1n) is 8.54. The SMILES string of the molecule is Cc1ccc(S[C@H](C)C(=O)O[C@H](C)C(=O)Nc2ccccc2OC(F)F)cc1. The normalized spacial score (nSPS) is 12.9. The third-order valence-electron chi connectivity index (χ3n) is 3.69. The summed E-state index contributed by atoms with van der Waals surface area (Å²) in [6, 6.07) is 13.5. The Hall–Kier alpha value is -2.61. The first-order chi connectivity index (χ1) is 13.3. The van der Waals surface area contributed by atoms with Crippen molar-refractivity contribution >= 4 is 29.3 Å². The molecule has 0 radical (unpaired) electrons. The van der Waals surface area contributed by atoms with E-state index in [2.05, 4.69) is 10.1 Å². The molecule has 28 heavy (non-hydrogen) atoms. The van der Waals surface area contributed by atoms with E-state index < -0.39 is 29.8 Å². The van der Waals surface area contributed by atoms with Gasteiger partial charge >= 0.3 is 12.6 Å². The van der Waals surface area contributed by atoms with Crippen LogP contribution in [-0.4, -0.2) is 29.8 Å². The average molecular weight is 409 g/mol. The van der Waals surface area contributed by atoms with Gasteiger partial charge in [0.05, 0.1) is 5.69 Å². The molecule has 1 N–H and O–H groups in total. The summed E-state index contributed by atoms with van der Waals surface area (Å²) < 4.78 is 34.5. The highest BCUT2D eigenvalue weighted by Crippen LogP contribution is 2.27. The van der Waals surface area contributed by atoms with Crippen molar-refractivity contribution in [1.29, 1.82) is 0 Å². The number of rotatable bonds is 8. The van der Waals surface area contributed by atoms with Crippen LogP contribution < -0.4 is 10.1 Å². The lowest BCUT2D eigenvalue weighted by molar-refractivity contribution is -0.152. The molecule has 2 rings (SSSR count). The lowest BCUT2D eigenvalue weighted by atomic mass is 10.2. The number of ether oxygens (including phenoxy) is 2. The fourth-order valence-electron chi connectivity index (χ4n) is 2.20. The van der Waals surface area contributed by atoms with Crippen LogP contribution in [0.5, 0.6) is 5.75 Å². The molecule has 0 aromatic heterocycles. The molecular weight excluding hydrogens is 388 g/mol. The predicted octanol–water partition coefficient (Wildman–Crippen LogP) is 4.65. The van der Waals surface area contributed by atoms with Gasteiger partial charge in [-0.1, -0.05) is 29.8 Å². The summed E-state index contributed by atoms with van der Waals surface area (Å²) in [5.74, 6) is -1.37. The zero-order chi connectivity index (χ0) is 20.7. The maximum atomic E-state index is 12.5. The summed E-state index contributed by atoms with van der Waals surface area (Å²) in [6.07, 6.45) is -1.10. The Morgan fingerprint density at radius 3 is 2.32 bits per heavy atom. The number of anilines is 1. The van der Waals surface area contributed by atoms with Gasteiger partial charge in [-0.25, -0.2) is 0 Å². The molecule has 5 nitrogen and oxygen atoms in total. The molecule has 0 aliphatic rings. The van der Waals surface area contributed by atoms with Crippen molar-refractivity contribution in [2.24, 2.45) is 0 Å². The Morgan fingerprint density at radius 1 is 1.04 bits per heavy atom. The van der Waals surface area contributed by atoms with Crippen molar-refractivity contribution in [3.63, 3.8) is 0 Å². The molecule has 0 unspecified atom stereocenters. The van der Waals surface area contributed by atoms with Crippen LogP contribution >= 0.6 is 11.8 Å². The molecule has 0 saturated heterocycles. The number of esters is 1. The summed E-state index contributed by atoms with van der Waals surface area (Å²) in [5.41, 5.74) is 1.18. The largest absolute Gasteiger partial charge is 0.452 e. The van der Waals surface area contributed by atoms with E-state index in [1.54, 1.807) is 13.0 Å². The molecule has 0 saturated carbocycles. The second kappa shape index (κ2) is 10.1. The van der Waals surface area contributed by atoms with Gasteiger partial charge in [0.2, 0.25) is 0 Å². The topological polar surface area (TPSA) is 64.6 Å². The zero-order valence-corrected chi connectivity index (χ0v) is 16.5. The number of para-hydroxylation sites is 2. The monoisotopic (exact) mass is 409 g/mol. The highest BCUT2D eigenvalue weighted by atomic mass is 32.2. The second-order valence-corrected chi connectivity index (χ2v) is 7.43. The molecule has 0 aliphatic carbocycles. The number of carbonyl (C=O) groups excluding carboxylic acids is 2. The maximum absolute atomic E-state index is 12.5. The lowest BCUT2D eigenvalue weighted by Gasteiger charge is -2.17. The molecule has 2 atom stereocenters. The second-order valence-electron chi connectivity index (χ2n) is 6.02. The number of aryl methyl sites for hydroxylation is 1. The first kappa shape index (κ1) is 21.7. The van der Waals surface area contributed by atoms with Gasteiger partial charge in [-0.15, -0.1) is 11.8 Å². The minimum absolute atomic E-state index is 0.0674. The summed E-state index contributed by atoms with van der Waals surface area (Å²) in [7, 11) is 0. The number of hydrogen-bond donors (Lipinski definition) is 1. The van der Waals surface area contributed by atoms with Gasteiger partial charge in [-0.05, 0) is 45.0 Å². The Bertz CT molecular complexity index is 814. The van der Waals surface area contributed by atoms with Crippen LogP contribution in [0.4, 0.5) is 14.5 Å². The van der Waals surface area contributed by atoms with E-state index in [1.165, 1.54) is 36.9 Å². The Morgan fingerprint density at radius 2 is 1.68 bits per heavy atom. The maximum Gasteiger partial charge on any atom is 0.387 e. The van der Waals surface area contributed by atoms with Gasteiger partial charge in [0.1, 0.15) is 11.0 Å². The van der Waals surface area contributed by atoms with Crippen molar-refractivity contribution in [3.05, 3.63) is 54.1 Å². The van der Waals surface area contributed by atoms with Crippen molar-refractivity contribution in [2.75, 3.05) is 5.32 Å². The van der Waals surface area contributed by atoms with E-state index in [1.807, 2.05) is 31.2 Å². The highest BCUT2D eigenvalue weighted by molar-refractivity contribution is 8.00. The minimum Gasteiger partial charge on any atom is -0.452 e. The standard InChI is InChI=1S/C20H21F2NO4S/c1-12-8-10-15(11-9-12)28-14(3)19(25)26-13(2)18(24)23-16-6-4-5-7-17(16)27-20(21)22/h4-11,13-14,20H,1-3H3,(H,23,24)/t13-,14-/m1/s1. The fraction of sp³-hybridized carbons (Fsp3) is 0.300. The zero-order valence-electron chi connectivity index (χ0n) is 15.6. The van der Waals surface area contributed by atoms with Crippen molar-refractivity contribution in [1.82, 2.24) is 0 Å². The van der Waals surface area contributed by atoms with E-state index in [0.717, 1.165) is 10.5 Å². The van der Waals surface area contributed by atoms with Gasteiger partial charge in [-0.3, -0.25) is 9.59 Å². The Balaban J connectivity index is 1.92. The van der Waals surface area contributed by atoms with Crippen LogP contribution in [-0.2, 0) is 14.3 Å². The third-order valence-corrected chi connectivity index (χ3v) is 4.78. The highest BCUT2D eigenvalue weighted by Gasteiger charge is 2.23. The number of thioether (sulfide) groups is 1.